The van der Waals surface area contributed by atoms with Crippen molar-refractivity contribution < 1.29 is 4.74 Å². The Morgan fingerprint density at radius 1 is 1.06 bits per heavy atom. The van der Waals surface area contributed by atoms with E-state index >= 15 is 0 Å². The van der Waals surface area contributed by atoms with Gasteiger partial charge in [-0.15, -0.1) is 0 Å². The molecule has 1 unspecified atom stereocenters. The Balaban J connectivity index is 3.19. The van der Waals surface area contributed by atoms with Gasteiger partial charge in [-0.1, -0.05) is 13.8 Å². The van der Waals surface area contributed by atoms with E-state index < -0.39 is 7.26 Å². The molecular formula is C16H34OP+. The Bertz CT molecular complexity index is 279. The van der Waals surface area contributed by atoms with E-state index in [0.717, 1.165) is 12.5 Å². The van der Waals surface area contributed by atoms with Crippen molar-refractivity contribution in [2.45, 2.75) is 65.7 Å². The highest BCUT2D eigenvalue weighted by Crippen LogP contribution is 2.82. The predicted molar refractivity (Wildman–Crippen MR) is 85.3 cm³/mol. The Hall–Kier alpha value is 0.390. The molecule has 0 saturated carbocycles. The maximum atomic E-state index is 5.50. The molecule has 0 amide bonds. The number of rotatable bonds is 2. The predicted octanol–water partition coefficient (Wildman–Crippen LogP) is 4.90. The van der Waals surface area contributed by atoms with E-state index in [2.05, 4.69) is 55.4 Å². The van der Waals surface area contributed by atoms with Crippen LogP contribution < -0.4 is 0 Å². The first kappa shape index (κ1) is 16.4. The third kappa shape index (κ3) is 2.63. The quantitative estimate of drug-likeness (QED) is 0.650. The molecule has 1 heterocycles. The highest BCUT2D eigenvalue weighted by molar-refractivity contribution is 7.79. The van der Waals surface area contributed by atoms with Crippen molar-refractivity contribution in [3.8, 4) is 0 Å². The molecule has 1 saturated heterocycles. The lowest BCUT2D eigenvalue weighted by Crippen LogP contribution is -2.36. The normalized spacial score (nSPS) is 27.5. The average Bonchev–Trinajstić information content (AvgIpc) is 2.38. The Kier molecular flexibility index (Phi) is 4.33. The van der Waals surface area contributed by atoms with Gasteiger partial charge < -0.3 is 4.74 Å². The lowest BCUT2D eigenvalue weighted by Gasteiger charge is -2.45. The van der Waals surface area contributed by atoms with Crippen LogP contribution in [-0.4, -0.2) is 36.4 Å². The molecule has 1 nitrogen and oxygen atoms in total. The number of hydrogen-bond acceptors (Lipinski definition) is 1. The minimum atomic E-state index is -1.00. The van der Waals surface area contributed by atoms with Gasteiger partial charge in [-0.25, -0.2) is 0 Å². The fraction of sp³-hybridized carbons (Fsp3) is 1.00. The van der Waals surface area contributed by atoms with Crippen molar-refractivity contribution >= 4 is 7.26 Å². The van der Waals surface area contributed by atoms with Crippen LogP contribution in [0.2, 0.25) is 0 Å². The van der Waals surface area contributed by atoms with E-state index in [1.165, 1.54) is 12.3 Å². The number of ether oxygens (including phenoxy) is 1. The molecule has 0 aromatic heterocycles. The van der Waals surface area contributed by atoms with Crippen molar-refractivity contribution in [3.63, 3.8) is 0 Å². The summed E-state index contributed by atoms with van der Waals surface area (Å²) in [4.78, 5) is 0. The first-order chi connectivity index (χ1) is 7.87. The van der Waals surface area contributed by atoms with Crippen LogP contribution in [0.3, 0.4) is 0 Å². The van der Waals surface area contributed by atoms with Crippen molar-refractivity contribution in [1.29, 1.82) is 0 Å². The molecule has 0 aliphatic carbocycles. The lowest BCUT2D eigenvalue weighted by molar-refractivity contribution is 0.112. The SMILES string of the molecule is COCC1C[P+](C(C)(C)C)(C(C)(C)C)CC1(C)C. The van der Waals surface area contributed by atoms with Gasteiger partial charge in [0.25, 0.3) is 0 Å². The van der Waals surface area contributed by atoms with E-state index in [1.54, 1.807) is 0 Å². The topological polar surface area (TPSA) is 9.23 Å². The second-order valence-electron chi connectivity index (χ2n) is 8.79. The minimum absolute atomic E-state index is 0.435. The van der Waals surface area contributed by atoms with E-state index in [4.69, 9.17) is 4.74 Å². The number of hydrogen-bond donors (Lipinski definition) is 0. The van der Waals surface area contributed by atoms with E-state index in [0.29, 0.717) is 15.7 Å². The molecule has 18 heavy (non-hydrogen) atoms. The first-order valence-corrected chi connectivity index (χ1v) is 9.39. The van der Waals surface area contributed by atoms with E-state index in [9.17, 15) is 0 Å². The van der Waals surface area contributed by atoms with Crippen LogP contribution in [0.25, 0.3) is 0 Å². The van der Waals surface area contributed by atoms with Crippen molar-refractivity contribution in [1.82, 2.24) is 0 Å². The molecule has 1 fully saturated rings. The van der Waals surface area contributed by atoms with E-state index in [-0.39, 0.29) is 0 Å². The van der Waals surface area contributed by atoms with Crippen LogP contribution in [0, 0.1) is 11.3 Å². The van der Waals surface area contributed by atoms with Crippen LogP contribution in [0.15, 0.2) is 0 Å². The summed E-state index contributed by atoms with van der Waals surface area (Å²) in [6, 6.07) is 0. The highest BCUT2D eigenvalue weighted by atomic mass is 31.2. The van der Waals surface area contributed by atoms with Crippen LogP contribution >= 0.6 is 7.26 Å². The number of methoxy groups -OCH3 is 1. The van der Waals surface area contributed by atoms with Gasteiger partial charge in [0, 0.05) is 25.7 Å². The smallest absolute Gasteiger partial charge is 0.0721 e. The monoisotopic (exact) mass is 273 g/mol. The molecule has 1 aliphatic heterocycles. The summed E-state index contributed by atoms with van der Waals surface area (Å²) in [6.45, 7) is 20.7. The van der Waals surface area contributed by atoms with E-state index in [1.807, 2.05) is 7.11 Å². The molecule has 2 heteroatoms. The zero-order valence-corrected chi connectivity index (χ0v) is 14.9. The van der Waals surface area contributed by atoms with Crippen LogP contribution in [0.5, 0.6) is 0 Å². The van der Waals surface area contributed by atoms with Gasteiger partial charge in [-0.3, -0.25) is 0 Å². The fourth-order valence-corrected chi connectivity index (χ4v) is 11.2. The Morgan fingerprint density at radius 2 is 1.50 bits per heavy atom. The first-order valence-electron chi connectivity index (χ1n) is 7.24. The summed E-state index contributed by atoms with van der Waals surface area (Å²) in [5, 5.41) is 0.899. The van der Waals surface area contributed by atoms with Crippen LogP contribution in [0.4, 0.5) is 0 Å². The molecule has 1 aliphatic rings. The fourth-order valence-electron chi connectivity index (χ4n) is 4.02. The highest BCUT2D eigenvalue weighted by Gasteiger charge is 2.66. The molecule has 1 rings (SSSR count). The van der Waals surface area contributed by atoms with Crippen molar-refractivity contribution in [2.75, 3.05) is 26.0 Å². The van der Waals surface area contributed by atoms with Gasteiger partial charge in [-0.2, -0.15) is 0 Å². The third-order valence-corrected chi connectivity index (χ3v) is 12.8. The molecule has 1 atom stereocenters. The van der Waals surface area contributed by atoms with Crippen molar-refractivity contribution in [3.05, 3.63) is 0 Å². The van der Waals surface area contributed by atoms with Crippen LogP contribution in [0.1, 0.15) is 55.4 Å². The molecule has 0 aromatic carbocycles. The second kappa shape index (κ2) is 4.74. The molecule has 0 N–H and O–H groups in total. The van der Waals surface area contributed by atoms with Gasteiger partial charge >= 0.3 is 0 Å². The zero-order chi connectivity index (χ0) is 14.4. The van der Waals surface area contributed by atoms with Crippen molar-refractivity contribution in [2.24, 2.45) is 11.3 Å². The maximum Gasteiger partial charge on any atom is 0.0721 e. The Morgan fingerprint density at radius 3 is 1.78 bits per heavy atom. The molecule has 0 aromatic rings. The van der Waals surface area contributed by atoms with Gasteiger partial charge in [0.15, 0.2) is 0 Å². The largest absolute Gasteiger partial charge is 0.384 e. The summed E-state index contributed by atoms with van der Waals surface area (Å²) < 4.78 is 5.50. The molecule has 0 spiro atoms. The second-order valence-corrected chi connectivity index (χ2v) is 14.1. The van der Waals surface area contributed by atoms with Gasteiger partial charge in [0.1, 0.15) is 0 Å². The lowest BCUT2D eigenvalue weighted by atomic mass is 9.83. The summed E-state index contributed by atoms with van der Waals surface area (Å²) >= 11 is 0. The summed E-state index contributed by atoms with van der Waals surface area (Å²) in [5.41, 5.74) is 0.435. The Labute approximate surface area is 115 Å². The summed E-state index contributed by atoms with van der Waals surface area (Å²) in [7, 11) is 0.848. The van der Waals surface area contributed by atoms with Gasteiger partial charge in [0.05, 0.1) is 29.2 Å². The molecular weight excluding hydrogens is 239 g/mol. The summed E-state index contributed by atoms with van der Waals surface area (Å²) in [6.07, 6.45) is 2.82. The average molecular weight is 273 g/mol. The summed E-state index contributed by atoms with van der Waals surface area (Å²) in [5.74, 6) is 0.731. The zero-order valence-electron chi connectivity index (χ0n) is 14.1. The molecule has 0 radical (unpaired) electrons. The van der Waals surface area contributed by atoms with Gasteiger partial charge in [-0.05, 0) is 41.5 Å². The third-order valence-electron chi connectivity index (χ3n) is 5.25. The molecule has 0 bridgehead atoms. The maximum absolute atomic E-state index is 5.50. The molecule has 108 valence electrons. The van der Waals surface area contributed by atoms with Gasteiger partial charge in [0.2, 0.25) is 0 Å². The minimum Gasteiger partial charge on any atom is -0.384 e. The standard InChI is InChI=1S/C16H34OP/c1-14(2,3)18(15(4,5)6)11-13(10-17-9)16(7,8)12-18/h13H,10-12H2,1-9H3/q+1. The van der Waals surface area contributed by atoms with Crippen LogP contribution in [-0.2, 0) is 4.74 Å².